The van der Waals surface area contributed by atoms with Crippen LogP contribution in [0, 0.1) is 0 Å². The van der Waals surface area contributed by atoms with E-state index >= 15 is 0 Å². The van der Waals surface area contributed by atoms with E-state index in [0.29, 0.717) is 12.5 Å². The molecule has 1 fully saturated rings. The Hall–Kier alpha value is -2.62. The molecule has 0 aromatic heterocycles. The largest absolute Gasteiger partial charge is 0.473 e. The molecular formula is C25H33N3O. The topological polar surface area (TPSA) is 37.2 Å². The van der Waals surface area contributed by atoms with Crippen LogP contribution >= 0.6 is 0 Å². The summed E-state index contributed by atoms with van der Waals surface area (Å²) in [6.45, 7) is 14.6. The van der Waals surface area contributed by atoms with Gasteiger partial charge in [0.25, 0.3) is 5.90 Å². The Bertz CT molecular complexity index is 930. The van der Waals surface area contributed by atoms with E-state index in [1.54, 1.807) is 0 Å². The van der Waals surface area contributed by atoms with Crippen molar-refractivity contribution in [3.05, 3.63) is 59.7 Å². The summed E-state index contributed by atoms with van der Waals surface area (Å²) in [6.07, 6.45) is 0. The number of amidine groups is 1. The van der Waals surface area contributed by atoms with Crippen LogP contribution in [0.15, 0.2) is 58.5 Å². The number of aliphatic imine (C=N–C) groups is 2. The first-order chi connectivity index (χ1) is 13.6. The first-order valence-electron chi connectivity index (χ1n) is 10.3. The van der Waals surface area contributed by atoms with Crippen molar-refractivity contribution in [1.82, 2.24) is 4.90 Å². The summed E-state index contributed by atoms with van der Waals surface area (Å²) in [5.41, 5.74) is 4.30. The lowest BCUT2D eigenvalue weighted by Gasteiger charge is -2.29. The van der Waals surface area contributed by atoms with Gasteiger partial charge in [0.2, 0.25) is 0 Å². The summed E-state index contributed by atoms with van der Waals surface area (Å²) in [7, 11) is 2.05. The van der Waals surface area contributed by atoms with Crippen LogP contribution in [-0.4, -0.2) is 36.8 Å². The smallest absolute Gasteiger partial charge is 0.258 e. The molecule has 29 heavy (non-hydrogen) atoms. The maximum absolute atomic E-state index is 6.01. The first kappa shape index (κ1) is 21.1. The fraction of sp³-hybridized carbons (Fsp3) is 0.440. The van der Waals surface area contributed by atoms with Gasteiger partial charge in [0, 0.05) is 7.05 Å². The van der Waals surface area contributed by atoms with Gasteiger partial charge in [0.15, 0.2) is 5.84 Å². The molecule has 1 saturated heterocycles. The highest BCUT2D eigenvalue weighted by atomic mass is 16.5. The van der Waals surface area contributed by atoms with E-state index in [2.05, 4.69) is 76.8 Å². The molecule has 154 valence electrons. The normalized spacial score (nSPS) is 18.2. The molecule has 1 heterocycles. The van der Waals surface area contributed by atoms with Crippen LogP contribution in [0.3, 0.4) is 0 Å². The quantitative estimate of drug-likeness (QED) is 0.629. The minimum atomic E-state index is -0.00262. The molecule has 1 aliphatic heterocycles. The van der Waals surface area contributed by atoms with Crippen LogP contribution in [0.5, 0.6) is 0 Å². The van der Waals surface area contributed by atoms with Crippen molar-refractivity contribution < 1.29 is 4.74 Å². The average Bonchev–Trinajstić information content (AvgIpc) is 2.64. The fourth-order valence-corrected chi connectivity index (χ4v) is 3.46. The van der Waals surface area contributed by atoms with Crippen LogP contribution in [0.2, 0.25) is 0 Å². The molecule has 4 heteroatoms. The van der Waals surface area contributed by atoms with Crippen molar-refractivity contribution >= 4 is 23.1 Å². The Morgan fingerprint density at radius 1 is 0.759 bits per heavy atom. The molecule has 0 spiro atoms. The second-order valence-electron chi connectivity index (χ2n) is 9.66. The lowest BCUT2D eigenvalue weighted by atomic mass is 9.86. The van der Waals surface area contributed by atoms with Gasteiger partial charge in [0.1, 0.15) is 6.61 Å². The monoisotopic (exact) mass is 391 g/mol. The molecule has 0 unspecified atom stereocenters. The van der Waals surface area contributed by atoms with Gasteiger partial charge in [-0.1, -0.05) is 77.9 Å². The van der Waals surface area contributed by atoms with Crippen LogP contribution in [0.25, 0.3) is 0 Å². The number of ether oxygens (including phenoxy) is 1. The van der Waals surface area contributed by atoms with E-state index in [0.717, 1.165) is 23.8 Å². The number of rotatable bonds is 2. The van der Waals surface area contributed by atoms with E-state index < -0.39 is 0 Å². The molecule has 1 aliphatic rings. The van der Waals surface area contributed by atoms with Crippen LogP contribution < -0.4 is 0 Å². The number of hydrogen-bond acceptors (Lipinski definition) is 3. The molecule has 0 aliphatic carbocycles. The molecule has 2 aromatic rings. The van der Waals surface area contributed by atoms with Crippen molar-refractivity contribution in [1.29, 1.82) is 0 Å². The summed E-state index contributed by atoms with van der Waals surface area (Å²) in [5, 5.41) is 0. The summed E-state index contributed by atoms with van der Waals surface area (Å²) >= 11 is 0. The molecule has 0 saturated carbocycles. The number of hydrogen-bond donors (Lipinski definition) is 0. The molecule has 0 radical (unpaired) electrons. The van der Waals surface area contributed by atoms with Crippen LogP contribution in [-0.2, 0) is 15.6 Å². The van der Waals surface area contributed by atoms with Gasteiger partial charge in [0.05, 0.1) is 17.9 Å². The predicted molar refractivity (Wildman–Crippen MR) is 123 cm³/mol. The zero-order chi connectivity index (χ0) is 21.2. The van der Waals surface area contributed by atoms with Crippen molar-refractivity contribution in [3.8, 4) is 0 Å². The SMILES string of the molecule is CN1CCOC(=Nc2ccccc2C(C)(C)C)C1=Nc1ccccc1C(C)(C)C. The Labute approximate surface area is 175 Å². The van der Waals surface area contributed by atoms with Gasteiger partial charge in [-0.25, -0.2) is 9.98 Å². The third-order valence-electron chi connectivity index (χ3n) is 5.09. The zero-order valence-electron chi connectivity index (χ0n) is 18.8. The van der Waals surface area contributed by atoms with Gasteiger partial charge >= 0.3 is 0 Å². The summed E-state index contributed by atoms with van der Waals surface area (Å²) in [5.74, 6) is 1.36. The maximum atomic E-state index is 6.01. The highest BCUT2D eigenvalue weighted by Gasteiger charge is 2.25. The number of para-hydroxylation sites is 2. The molecule has 0 atom stereocenters. The Balaban J connectivity index is 2.12. The van der Waals surface area contributed by atoms with E-state index in [-0.39, 0.29) is 10.8 Å². The Kier molecular flexibility index (Phi) is 5.83. The summed E-state index contributed by atoms with van der Waals surface area (Å²) in [6, 6.07) is 16.6. The number of nitrogens with zero attached hydrogens (tertiary/aromatic N) is 3. The lowest BCUT2D eigenvalue weighted by Crippen LogP contribution is -2.42. The highest BCUT2D eigenvalue weighted by molar-refractivity contribution is 6.39. The summed E-state index contributed by atoms with van der Waals surface area (Å²) < 4.78 is 6.01. The maximum Gasteiger partial charge on any atom is 0.258 e. The predicted octanol–water partition coefficient (Wildman–Crippen LogP) is 6.00. The molecule has 4 nitrogen and oxygen atoms in total. The highest BCUT2D eigenvalue weighted by Crippen LogP contribution is 2.33. The standard InChI is InChI=1S/C25H33N3O/c1-24(2,3)18-12-8-10-14-20(18)26-22-23(29-17-16-28(22)7)27-21-15-11-9-13-19(21)25(4,5)6/h8-15H,16-17H2,1-7H3. The zero-order valence-corrected chi connectivity index (χ0v) is 18.8. The number of benzene rings is 2. The lowest BCUT2D eigenvalue weighted by molar-refractivity contribution is 0.252. The van der Waals surface area contributed by atoms with Crippen LogP contribution in [0.1, 0.15) is 52.7 Å². The minimum Gasteiger partial charge on any atom is -0.473 e. The Morgan fingerprint density at radius 3 is 1.76 bits per heavy atom. The van der Waals surface area contributed by atoms with Gasteiger partial charge in [-0.15, -0.1) is 0 Å². The first-order valence-corrected chi connectivity index (χ1v) is 10.3. The van der Waals surface area contributed by atoms with E-state index in [4.69, 9.17) is 14.7 Å². The summed E-state index contributed by atoms with van der Waals surface area (Å²) in [4.78, 5) is 12.1. The van der Waals surface area contributed by atoms with Gasteiger partial charge < -0.3 is 9.64 Å². The van der Waals surface area contributed by atoms with Crippen molar-refractivity contribution in [2.45, 2.75) is 52.4 Å². The molecule has 0 amide bonds. The van der Waals surface area contributed by atoms with Gasteiger partial charge in [-0.2, -0.15) is 0 Å². The molecule has 0 N–H and O–H groups in total. The minimum absolute atomic E-state index is 0.00262. The van der Waals surface area contributed by atoms with Crippen LogP contribution in [0.4, 0.5) is 11.4 Å². The fourth-order valence-electron chi connectivity index (χ4n) is 3.46. The number of likely N-dealkylation sites (N-methyl/N-ethyl adjacent to an activating group) is 1. The van der Waals surface area contributed by atoms with E-state index in [9.17, 15) is 0 Å². The van der Waals surface area contributed by atoms with Gasteiger partial charge in [-0.05, 0) is 34.1 Å². The molecular weight excluding hydrogens is 358 g/mol. The second kappa shape index (κ2) is 8.02. The molecule has 0 bridgehead atoms. The molecule has 2 aromatic carbocycles. The average molecular weight is 392 g/mol. The second-order valence-corrected chi connectivity index (χ2v) is 9.66. The Morgan fingerprint density at radius 2 is 1.24 bits per heavy atom. The third kappa shape index (κ3) is 4.87. The molecule has 3 rings (SSSR count). The van der Waals surface area contributed by atoms with Crippen molar-refractivity contribution in [3.63, 3.8) is 0 Å². The van der Waals surface area contributed by atoms with E-state index in [1.165, 1.54) is 11.1 Å². The van der Waals surface area contributed by atoms with Crippen molar-refractivity contribution in [2.24, 2.45) is 9.98 Å². The van der Waals surface area contributed by atoms with E-state index in [1.807, 2.05) is 25.2 Å². The third-order valence-corrected chi connectivity index (χ3v) is 5.09. The van der Waals surface area contributed by atoms with Crippen molar-refractivity contribution in [2.75, 3.05) is 20.2 Å². The van der Waals surface area contributed by atoms with Gasteiger partial charge in [-0.3, -0.25) is 0 Å². The number of morpholine rings is 1.